The maximum atomic E-state index is 12.6. The lowest BCUT2D eigenvalue weighted by molar-refractivity contribution is 0.0995. The van der Waals surface area contributed by atoms with Crippen LogP contribution in [0.25, 0.3) is 11.3 Å². The van der Waals surface area contributed by atoms with Gasteiger partial charge in [0.15, 0.2) is 5.76 Å². The van der Waals surface area contributed by atoms with Gasteiger partial charge in [-0.3, -0.25) is 9.59 Å². The average Bonchev–Trinajstić information content (AvgIpc) is 3.28. The number of benzene rings is 3. The highest BCUT2D eigenvalue weighted by atomic mass is 35.5. The molecule has 5 nitrogen and oxygen atoms in total. The number of aryl methyl sites for hydroxylation is 1. The fraction of sp³-hybridized carbons (Fsp3) is 0.0400. The van der Waals surface area contributed by atoms with Gasteiger partial charge in [0.25, 0.3) is 11.8 Å². The molecule has 0 fully saturated rings. The number of nitrogens with one attached hydrogen (secondary N) is 2. The molecule has 4 rings (SSSR count). The van der Waals surface area contributed by atoms with E-state index in [1.54, 1.807) is 72.8 Å². The minimum atomic E-state index is -0.408. The largest absolute Gasteiger partial charge is 0.451 e. The van der Waals surface area contributed by atoms with Gasteiger partial charge in [-0.1, -0.05) is 47.5 Å². The van der Waals surface area contributed by atoms with Crippen LogP contribution in [0.1, 0.15) is 26.5 Å². The second kappa shape index (κ2) is 9.30. The topological polar surface area (TPSA) is 71.3 Å². The van der Waals surface area contributed by atoms with E-state index < -0.39 is 5.91 Å². The van der Waals surface area contributed by atoms with Gasteiger partial charge in [0.1, 0.15) is 5.76 Å². The van der Waals surface area contributed by atoms with Crippen LogP contribution in [0.2, 0.25) is 10.0 Å². The molecule has 3 aromatic carbocycles. The zero-order chi connectivity index (χ0) is 22.7. The van der Waals surface area contributed by atoms with E-state index in [0.29, 0.717) is 38.3 Å². The first-order valence-electron chi connectivity index (χ1n) is 9.75. The molecule has 0 aliphatic carbocycles. The van der Waals surface area contributed by atoms with Gasteiger partial charge in [0.05, 0.1) is 10.0 Å². The van der Waals surface area contributed by atoms with Gasteiger partial charge in [-0.05, 0) is 67.1 Å². The number of amides is 2. The maximum absolute atomic E-state index is 12.6. The number of halogens is 2. The van der Waals surface area contributed by atoms with Crippen LogP contribution in [0.4, 0.5) is 11.4 Å². The third-order valence-electron chi connectivity index (χ3n) is 4.82. The van der Waals surface area contributed by atoms with E-state index in [4.69, 9.17) is 27.6 Å². The van der Waals surface area contributed by atoms with E-state index in [9.17, 15) is 9.59 Å². The SMILES string of the molecule is Cc1cc(NC(=O)c2ccc(-c3cccc(Cl)c3Cl)o2)ccc1NC(=O)c1ccccc1. The minimum absolute atomic E-state index is 0.134. The summed E-state index contributed by atoms with van der Waals surface area (Å²) in [5, 5.41) is 6.44. The lowest BCUT2D eigenvalue weighted by Crippen LogP contribution is -2.14. The molecular weight excluding hydrogens is 447 g/mol. The number of hydrogen-bond donors (Lipinski definition) is 2. The van der Waals surface area contributed by atoms with Crippen LogP contribution in [-0.4, -0.2) is 11.8 Å². The van der Waals surface area contributed by atoms with Crippen LogP contribution in [-0.2, 0) is 0 Å². The summed E-state index contributed by atoms with van der Waals surface area (Å²) < 4.78 is 5.68. The van der Waals surface area contributed by atoms with Crippen LogP contribution < -0.4 is 10.6 Å². The zero-order valence-corrected chi connectivity index (χ0v) is 18.5. The van der Waals surface area contributed by atoms with Crippen molar-refractivity contribution in [1.82, 2.24) is 0 Å². The highest BCUT2D eigenvalue weighted by molar-refractivity contribution is 6.43. The Morgan fingerprint density at radius 3 is 2.34 bits per heavy atom. The molecule has 0 spiro atoms. The molecule has 1 aromatic heterocycles. The minimum Gasteiger partial charge on any atom is -0.451 e. The van der Waals surface area contributed by atoms with Crippen molar-refractivity contribution in [2.75, 3.05) is 10.6 Å². The van der Waals surface area contributed by atoms with Crippen molar-refractivity contribution in [2.24, 2.45) is 0 Å². The summed E-state index contributed by atoms with van der Waals surface area (Å²) in [6.07, 6.45) is 0. The van der Waals surface area contributed by atoms with Crippen LogP contribution >= 0.6 is 23.2 Å². The Morgan fingerprint density at radius 1 is 0.812 bits per heavy atom. The first-order valence-corrected chi connectivity index (χ1v) is 10.5. The van der Waals surface area contributed by atoms with Crippen molar-refractivity contribution >= 4 is 46.4 Å². The standard InChI is InChI=1S/C25H18Cl2N2O3/c1-15-14-17(10-11-20(15)29-24(30)16-6-3-2-4-7-16)28-25(31)22-13-12-21(32-22)18-8-5-9-19(26)23(18)27/h2-14H,1H3,(H,28,31)(H,29,30). The second-order valence-electron chi connectivity index (χ2n) is 7.07. The Labute approximate surface area is 195 Å². The van der Waals surface area contributed by atoms with E-state index in [-0.39, 0.29) is 11.7 Å². The summed E-state index contributed by atoms with van der Waals surface area (Å²) in [6.45, 7) is 1.85. The smallest absolute Gasteiger partial charge is 0.291 e. The van der Waals surface area contributed by atoms with Crippen LogP contribution in [0.3, 0.4) is 0 Å². The highest BCUT2D eigenvalue weighted by Crippen LogP contribution is 2.34. The van der Waals surface area contributed by atoms with Gasteiger partial charge < -0.3 is 15.1 Å². The Bertz CT molecular complexity index is 1300. The van der Waals surface area contributed by atoms with Crippen molar-refractivity contribution in [2.45, 2.75) is 6.92 Å². The molecule has 0 bridgehead atoms. The van der Waals surface area contributed by atoms with Crippen molar-refractivity contribution in [3.05, 3.63) is 106 Å². The molecule has 160 valence electrons. The number of furan rings is 1. The lowest BCUT2D eigenvalue weighted by atomic mass is 10.1. The Morgan fingerprint density at radius 2 is 1.59 bits per heavy atom. The van der Waals surface area contributed by atoms with E-state index in [1.807, 2.05) is 13.0 Å². The van der Waals surface area contributed by atoms with Crippen molar-refractivity contribution in [3.8, 4) is 11.3 Å². The van der Waals surface area contributed by atoms with E-state index in [1.165, 1.54) is 0 Å². The zero-order valence-electron chi connectivity index (χ0n) is 17.0. The molecule has 0 aliphatic rings. The molecule has 0 atom stereocenters. The predicted octanol–water partition coefficient (Wildman–Crippen LogP) is 7.07. The fourth-order valence-electron chi connectivity index (χ4n) is 3.16. The fourth-order valence-corrected chi connectivity index (χ4v) is 3.55. The molecule has 4 aromatic rings. The van der Waals surface area contributed by atoms with Gasteiger partial charge in [-0.25, -0.2) is 0 Å². The third-order valence-corrected chi connectivity index (χ3v) is 5.63. The number of carbonyl (C=O) groups excluding carboxylic acids is 2. The third kappa shape index (κ3) is 4.69. The number of carbonyl (C=O) groups is 2. The molecule has 0 aliphatic heterocycles. The Hall–Kier alpha value is -3.54. The number of hydrogen-bond acceptors (Lipinski definition) is 3. The highest BCUT2D eigenvalue weighted by Gasteiger charge is 2.16. The first kappa shape index (κ1) is 21.7. The molecule has 0 unspecified atom stereocenters. The monoisotopic (exact) mass is 464 g/mol. The molecular formula is C25H18Cl2N2O3. The normalized spacial score (nSPS) is 10.6. The summed E-state index contributed by atoms with van der Waals surface area (Å²) in [6, 6.07) is 22.6. The van der Waals surface area contributed by atoms with Crippen LogP contribution in [0.15, 0.2) is 83.3 Å². The Kier molecular flexibility index (Phi) is 6.30. The van der Waals surface area contributed by atoms with E-state index in [2.05, 4.69) is 10.6 Å². The molecule has 0 radical (unpaired) electrons. The molecule has 7 heteroatoms. The van der Waals surface area contributed by atoms with E-state index >= 15 is 0 Å². The number of rotatable bonds is 5. The number of anilines is 2. The maximum Gasteiger partial charge on any atom is 0.291 e. The lowest BCUT2D eigenvalue weighted by Gasteiger charge is -2.11. The van der Waals surface area contributed by atoms with Gasteiger partial charge >= 0.3 is 0 Å². The quantitative estimate of drug-likeness (QED) is 0.331. The molecule has 1 heterocycles. The second-order valence-corrected chi connectivity index (χ2v) is 7.85. The summed E-state index contributed by atoms with van der Waals surface area (Å²) in [5.41, 5.74) is 3.21. The van der Waals surface area contributed by atoms with Crippen LogP contribution in [0, 0.1) is 6.92 Å². The van der Waals surface area contributed by atoms with Crippen molar-refractivity contribution in [3.63, 3.8) is 0 Å². The Balaban J connectivity index is 1.46. The first-order chi connectivity index (χ1) is 15.4. The summed E-state index contributed by atoms with van der Waals surface area (Å²) in [5.74, 6) is -0.0314. The van der Waals surface area contributed by atoms with Gasteiger partial charge in [-0.15, -0.1) is 0 Å². The van der Waals surface area contributed by atoms with Gasteiger partial charge in [0, 0.05) is 22.5 Å². The van der Waals surface area contributed by atoms with Crippen LogP contribution in [0.5, 0.6) is 0 Å². The molecule has 32 heavy (non-hydrogen) atoms. The predicted molar refractivity (Wildman–Crippen MR) is 128 cm³/mol. The summed E-state index contributed by atoms with van der Waals surface area (Å²) in [4.78, 5) is 25.0. The molecule has 2 N–H and O–H groups in total. The molecule has 2 amide bonds. The van der Waals surface area contributed by atoms with E-state index in [0.717, 1.165) is 5.56 Å². The van der Waals surface area contributed by atoms with Crippen molar-refractivity contribution < 1.29 is 14.0 Å². The van der Waals surface area contributed by atoms with Gasteiger partial charge in [0.2, 0.25) is 0 Å². The molecule has 0 saturated heterocycles. The average molecular weight is 465 g/mol. The van der Waals surface area contributed by atoms with Crippen molar-refractivity contribution in [1.29, 1.82) is 0 Å². The summed E-state index contributed by atoms with van der Waals surface area (Å²) >= 11 is 12.3. The molecule has 0 saturated carbocycles. The summed E-state index contributed by atoms with van der Waals surface area (Å²) in [7, 11) is 0. The van der Waals surface area contributed by atoms with Gasteiger partial charge in [-0.2, -0.15) is 0 Å².